The van der Waals surface area contributed by atoms with Crippen LogP contribution in [-0.4, -0.2) is 19.0 Å². The maximum absolute atomic E-state index is 11.7. The topological polar surface area (TPSA) is 35.5 Å². The highest BCUT2D eigenvalue weighted by Gasteiger charge is 2.19. The van der Waals surface area contributed by atoms with Crippen molar-refractivity contribution in [2.24, 2.45) is 0 Å². The maximum Gasteiger partial charge on any atom is 0.171 e. The lowest BCUT2D eigenvalue weighted by atomic mass is 10.1. The van der Waals surface area contributed by atoms with E-state index in [0.717, 1.165) is 6.42 Å². The van der Waals surface area contributed by atoms with E-state index in [2.05, 4.69) is 0 Å². The van der Waals surface area contributed by atoms with Gasteiger partial charge in [0.15, 0.2) is 17.3 Å². The Morgan fingerprint density at radius 1 is 1.47 bits per heavy atom. The summed E-state index contributed by atoms with van der Waals surface area (Å²) in [6.07, 6.45) is 1.33. The molecule has 0 fully saturated rings. The van der Waals surface area contributed by atoms with Gasteiger partial charge in [-0.2, -0.15) is 0 Å². The summed E-state index contributed by atoms with van der Waals surface area (Å²) >= 11 is 0. The zero-order chi connectivity index (χ0) is 10.7. The fraction of sp³-hybridized carbons (Fsp3) is 0.417. The van der Waals surface area contributed by atoms with Crippen LogP contribution in [0.4, 0.5) is 0 Å². The molecule has 2 rings (SSSR count). The minimum Gasteiger partial charge on any atom is -0.490 e. The molecule has 0 amide bonds. The van der Waals surface area contributed by atoms with Crippen molar-refractivity contribution in [3.8, 4) is 11.5 Å². The number of fused-ring (bicyclic) bond motifs is 1. The Morgan fingerprint density at radius 2 is 2.33 bits per heavy atom. The second kappa shape index (κ2) is 4.34. The van der Waals surface area contributed by atoms with Crippen molar-refractivity contribution in [3.05, 3.63) is 23.8 Å². The third kappa shape index (κ3) is 1.96. The highest BCUT2D eigenvalue weighted by atomic mass is 16.5. The number of para-hydroxylation sites is 1. The van der Waals surface area contributed by atoms with Gasteiger partial charge in [-0.15, -0.1) is 0 Å². The van der Waals surface area contributed by atoms with Crippen LogP contribution < -0.4 is 9.47 Å². The van der Waals surface area contributed by atoms with Crippen LogP contribution in [0, 0.1) is 0 Å². The summed E-state index contributed by atoms with van der Waals surface area (Å²) < 4.78 is 11.0. The first kappa shape index (κ1) is 10.0. The van der Waals surface area contributed by atoms with E-state index >= 15 is 0 Å². The first-order valence-electron chi connectivity index (χ1n) is 5.24. The van der Waals surface area contributed by atoms with Crippen LogP contribution >= 0.6 is 0 Å². The van der Waals surface area contributed by atoms with Crippen molar-refractivity contribution >= 4 is 5.78 Å². The Bertz CT molecular complexity index is 371. The Balaban J connectivity index is 2.43. The molecular formula is C12H14O3. The van der Waals surface area contributed by atoms with Crippen molar-refractivity contribution < 1.29 is 14.3 Å². The third-order valence-corrected chi connectivity index (χ3v) is 2.37. The number of Topliss-reactive ketones (excluding diaryl/α,β-unsaturated/α-hetero) is 1. The number of carbonyl (C=O) groups excluding carboxylic acids is 1. The van der Waals surface area contributed by atoms with Crippen LogP contribution in [0.1, 0.15) is 30.1 Å². The van der Waals surface area contributed by atoms with Crippen molar-refractivity contribution in [3.63, 3.8) is 0 Å². The largest absolute Gasteiger partial charge is 0.490 e. The number of ether oxygens (including phenoxy) is 2. The Hall–Kier alpha value is -1.51. The van der Waals surface area contributed by atoms with Crippen molar-refractivity contribution in [1.29, 1.82) is 0 Å². The zero-order valence-corrected chi connectivity index (χ0v) is 8.79. The molecule has 15 heavy (non-hydrogen) atoms. The van der Waals surface area contributed by atoms with Gasteiger partial charge < -0.3 is 9.47 Å². The number of ketones is 1. The zero-order valence-electron chi connectivity index (χ0n) is 8.79. The van der Waals surface area contributed by atoms with Crippen LogP contribution in [0.25, 0.3) is 0 Å². The Morgan fingerprint density at radius 3 is 3.13 bits per heavy atom. The first-order valence-corrected chi connectivity index (χ1v) is 5.24. The van der Waals surface area contributed by atoms with Crippen LogP contribution in [0.2, 0.25) is 0 Å². The van der Waals surface area contributed by atoms with Crippen molar-refractivity contribution in [1.82, 2.24) is 0 Å². The average Bonchev–Trinajstić information content (AvgIpc) is 2.43. The minimum atomic E-state index is 0.143. The van der Waals surface area contributed by atoms with Gasteiger partial charge in [-0.25, -0.2) is 0 Å². The van der Waals surface area contributed by atoms with Crippen LogP contribution in [0.15, 0.2) is 18.2 Å². The fourth-order valence-electron chi connectivity index (χ4n) is 1.70. The van der Waals surface area contributed by atoms with Gasteiger partial charge in [0, 0.05) is 6.42 Å². The highest BCUT2D eigenvalue weighted by molar-refractivity contribution is 5.99. The van der Waals surface area contributed by atoms with E-state index in [4.69, 9.17) is 9.47 Å². The van der Waals surface area contributed by atoms with Crippen LogP contribution in [0.5, 0.6) is 11.5 Å². The van der Waals surface area contributed by atoms with E-state index in [0.29, 0.717) is 36.7 Å². The molecule has 1 heterocycles. The Labute approximate surface area is 89.0 Å². The van der Waals surface area contributed by atoms with Gasteiger partial charge in [-0.05, 0) is 25.5 Å². The molecule has 0 N–H and O–H groups in total. The smallest absolute Gasteiger partial charge is 0.171 e. The van der Waals surface area contributed by atoms with Gasteiger partial charge in [-0.3, -0.25) is 4.79 Å². The molecule has 0 aliphatic carbocycles. The van der Waals surface area contributed by atoms with E-state index < -0.39 is 0 Å². The van der Waals surface area contributed by atoms with E-state index in [1.165, 1.54) is 0 Å². The molecule has 1 aliphatic rings. The normalized spacial score (nSPS) is 15.1. The van der Waals surface area contributed by atoms with Gasteiger partial charge in [0.1, 0.15) is 0 Å². The second-order valence-electron chi connectivity index (χ2n) is 3.44. The predicted octanol–water partition coefficient (Wildman–Crippen LogP) is 2.44. The average molecular weight is 206 g/mol. The molecule has 0 unspecified atom stereocenters. The monoisotopic (exact) mass is 206 g/mol. The fourth-order valence-corrected chi connectivity index (χ4v) is 1.70. The van der Waals surface area contributed by atoms with E-state index in [1.807, 2.05) is 19.1 Å². The molecule has 80 valence electrons. The predicted molar refractivity (Wildman–Crippen MR) is 56.7 cm³/mol. The summed E-state index contributed by atoms with van der Waals surface area (Å²) in [7, 11) is 0. The molecule has 0 atom stereocenters. The van der Waals surface area contributed by atoms with Crippen molar-refractivity contribution in [2.75, 3.05) is 13.2 Å². The molecule has 0 aromatic heterocycles. The van der Waals surface area contributed by atoms with Crippen molar-refractivity contribution in [2.45, 2.75) is 19.8 Å². The molecule has 0 spiro atoms. The molecule has 3 heteroatoms. The summed E-state index contributed by atoms with van der Waals surface area (Å²) in [5.74, 6) is 1.43. The molecule has 0 bridgehead atoms. The summed E-state index contributed by atoms with van der Waals surface area (Å²) in [5.41, 5.74) is 0.651. The van der Waals surface area contributed by atoms with E-state index in [1.54, 1.807) is 6.07 Å². The number of carbonyl (C=O) groups is 1. The van der Waals surface area contributed by atoms with Gasteiger partial charge in [0.2, 0.25) is 0 Å². The minimum absolute atomic E-state index is 0.143. The molecule has 0 saturated carbocycles. The lowest BCUT2D eigenvalue weighted by Gasteiger charge is -2.11. The van der Waals surface area contributed by atoms with Gasteiger partial charge in [-0.1, -0.05) is 6.07 Å². The number of hydrogen-bond donors (Lipinski definition) is 0. The summed E-state index contributed by atoms with van der Waals surface area (Å²) in [5, 5.41) is 0. The molecule has 1 aliphatic heterocycles. The van der Waals surface area contributed by atoms with Gasteiger partial charge in [0.25, 0.3) is 0 Å². The van der Waals surface area contributed by atoms with Gasteiger partial charge in [0.05, 0.1) is 18.8 Å². The lowest BCUT2D eigenvalue weighted by molar-refractivity contribution is 0.0983. The van der Waals surface area contributed by atoms with Crippen LogP contribution in [-0.2, 0) is 0 Å². The number of hydrogen-bond acceptors (Lipinski definition) is 3. The quantitative estimate of drug-likeness (QED) is 0.745. The highest BCUT2D eigenvalue weighted by Crippen LogP contribution is 2.34. The molecule has 0 saturated heterocycles. The number of benzene rings is 1. The maximum atomic E-state index is 11.7. The molecule has 0 radical (unpaired) electrons. The molecule has 1 aromatic rings. The molecule has 1 aromatic carbocycles. The lowest BCUT2D eigenvalue weighted by Crippen LogP contribution is -2.01. The summed E-state index contributed by atoms with van der Waals surface area (Å²) in [4.78, 5) is 11.7. The molecular weight excluding hydrogens is 192 g/mol. The third-order valence-electron chi connectivity index (χ3n) is 2.37. The van der Waals surface area contributed by atoms with Crippen LogP contribution in [0.3, 0.4) is 0 Å². The SMILES string of the molecule is CCOc1cccc2c1OCCCC2=O. The van der Waals surface area contributed by atoms with E-state index in [-0.39, 0.29) is 5.78 Å². The van der Waals surface area contributed by atoms with Gasteiger partial charge >= 0.3 is 0 Å². The summed E-state index contributed by atoms with van der Waals surface area (Å²) in [6, 6.07) is 5.46. The Kier molecular flexibility index (Phi) is 2.90. The van der Waals surface area contributed by atoms with E-state index in [9.17, 15) is 4.79 Å². The number of rotatable bonds is 2. The standard InChI is InChI=1S/C12H14O3/c1-2-14-11-7-3-5-9-10(13)6-4-8-15-12(9)11/h3,5,7H,2,4,6,8H2,1H3. The molecule has 3 nitrogen and oxygen atoms in total. The summed E-state index contributed by atoms with van der Waals surface area (Å²) in [6.45, 7) is 3.08. The first-order chi connectivity index (χ1) is 7.33. The second-order valence-corrected chi connectivity index (χ2v) is 3.44.